The standard InChI is InChI=1S/C18H25N3O4S/c1-14-3-5-16(6-4-14)13-26(22,23)21-10-7-17(8-11-21)24-12-9-18-19-15(2)25-20-18/h3-6,17H,7-13H2,1-2H3. The maximum atomic E-state index is 12.6. The van der Waals surface area contributed by atoms with E-state index in [0.717, 1.165) is 11.1 Å². The molecule has 1 aromatic heterocycles. The third-order valence-electron chi connectivity index (χ3n) is 4.51. The van der Waals surface area contributed by atoms with Gasteiger partial charge in [-0.3, -0.25) is 0 Å². The monoisotopic (exact) mass is 379 g/mol. The summed E-state index contributed by atoms with van der Waals surface area (Å²) in [6, 6.07) is 7.64. The Hall–Kier alpha value is -1.77. The van der Waals surface area contributed by atoms with Gasteiger partial charge in [0.1, 0.15) is 0 Å². The van der Waals surface area contributed by atoms with Crippen LogP contribution in [-0.2, 0) is 26.9 Å². The maximum Gasteiger partial charge on any atom is 0.223 e. The van der Waals surface area contributed by atoms with E-state index >= 15 is 0 Å². The molecule has 0 atom stereocenters. The summed E-state index contributed by atoms with van der Waals surface area (Å²) in [7, 11) is -3.29. The van der Waals surface area contributed by atoms with Gasteiger partial charge in [0.25, 0.3) is 0 Å². The van der Waals surface area contributed by atoms with Gasteiger partial charge < -0.3 is 9.26 Å². The van der Waals surface area contributed by atoms with Crippen molar-refractivity contribution in [3.63, 3.8) is 0 Å². The van der Waals surface area contributed by atoms with Crippen molar-refractivity contribution >= 4 is 10.0 Å². The van der Waals surface area contributed by atoms with Crippen molar-refractivity contribution in [2.45, 2.75) is 45.0 Å². The largest absolute Gasteiger partial charge is 0.378 e. The van der Waals surface area contributed by atoms with Crippen LogP contribution in [-0.4, -0.2) is 48.7 Å². The van der Waals surface area contributed by atoms with Crippen LogP contribution < -0.4 is 0 Å². The topological polar surface area (TPSA) is 85.5 Å². The van der Waals surface area contributed by atoms with Crippen LogP contribution in [0, 0.1) is 13.8 Å². The van der Waals surface area contributed by atoms with Crippen LogP contribution in [0.3, 0.4) is 0 Å². The molecule has 26 heavy (non-hydrogen) atoms. The van der Waals surface area contributed by atoms with Crippen molar-refractivity contribution in [2.75, 3.05) is 19.7 Å². The predicted octanol–water partition coefficient (Wildman–Crippen LogP) is 2.24. The van der Waals surface area contributed by atoms with E-state index in [1.54, 1.807) is 11.2 Å². The number of aromatic nitrogens is 2. The van der Waals surface area contributed by atoms with Gasteiger partial charge in [-0.05, 0) is 25.3 Å². The molecule has 0 N–H and O–H groups in total. The van der Waals surface area contributed by atoms with Crippen LogP contribution in [0.5, 0.6) is 0 Å². The number of rotatable bonds is 7. The Morgan fingerprint density at radius 3 is 2.50 bits per heavy atom. The van der Waals surface area contributed by atoms with Crippen molar-refractivity contribution in [3.8, 4) is 0 Å². The van der Waals surface area contributed by atoms with E-state index in [-0.39, 0.29) is 11.9 Å². The minimum absolute atomic E-state index is 0.0516. The minimum atomic E-state index is -3.29. The molecule has 1 saturated heterocycles. The highest BCUT2D eigenvalue weighted by Crippen LogP contribution is 2.20. The van der Waals surface area contributed by atoms with Crippen molar-refractivity contribution < 1.29 is 17.7 Å². The highest BCUT2D eigenvalue weighted by atomic mass is 32.2. The Kier molecular flexibility index (Phi) is 6.05. The molecule has 0 saturated carbocycles. The van der Waals surface area contributed by atoms with E-state index in [0.29, 0.717) is 50.7 Å². The van der Waals surface area contributed by atoms with Gasteiger partial charge in [0.2, 0.25) is 15.9 Å². The van der Waals surface area contributed by atoms with Crippen LogP contribution >= 0.6 is 0 Å². The zero-order valence-corrected chi connectivity index (χ0v) is 16.0. The summed E-state index contributed by atoms with van der Waals surface area (Å²) in [6.45, 7) is 5.26. The van der Waals surface area contributed by atoms with Crippen LogP contribution in [0.4, 0.5) is 0 Å². The number of piperidine rings is 1. The molecule has 0 amide bonds. The Morgan fingerprint density at radius 1 is 1.19 bits per heavy atom. The molecule has 0 unspecified atom stereocenters. The lowest BCUT2D eigenvalue weighted by Gasteiger charge is -2.31. The summed E-state index contributed by atoms with van der Waals surface area (Å²) in [6.07, 6.45) is 2.09. The molecule has 2 heterocycles. The second kappa shape index (κ2) is 8.28. The molecule has 1 fully saturated rings. The summed E-state index contributed by atoms with van der Waals surface area (Å²) in [5.74, 6) is 1.24. The maximum absolute atomic E-state index is 12.6. The van der Waals surface area contributed by atoms with E-state index in [1.807, 2.05) is 31.2 Å². The molecule has 7 nitrogen and oxygen atoms in total. The van der Waals surface area contributed by atoms with Crippen LogP contribution in [0.2, 0.25) is 0 Å². The molecule has 1 aliphatic rings. The number of hydrogen-bond acceptors (Lipinski definition) is 6. The fourth-order valence-electron chi connectivity index (χ4n) is 3.02. The molecule has 0 bridgehead atoms. The Morgan fingerprint density at radius 2 is 1.88 bits per heavy atom. The number of ether oxygens (including phenoxy) is 1. The van der Waals surface area contributed by atoms with Gasteiger partial charge >= 0.3 is 0 Å². The Labute approximate surface area is 154 Å². The molecule has 142 valence electrons. The SMILES string of the molecule is Cc1ccc(CS(=O)(=O)N2CCC(OCCc3noc(C)n3)CC2)cc1. The summed E-state index contributed by atoms with van der Waals surface area (Å²) in [5, 5.41) is 3.83. The molecule has 8 heteroatoms. The summed E-state index contributed by atoms with van der Waals surface area (Å²) < 4.78 is 37.6. The van der Waals surface area contributed by atoms with E-state index in [1.165, 1.54) is 0 Å². The van der Waals surface area contributed by atoms with Gasteiger partial charge in [-0.1, -0.05) is 35.0 Å². The Bertz CT molecular complexity index is 809. The zero-order valence-electron chi connectivity index (χ0n) is 15.2. The fourth-order valence-corrected chi connectivity index (χ4v) is 4.59. The first-order valence-corrected chi connectivity index (χ1v) is 10.5. The smallest absolute Gasteiger partial charge is 0.223 e. The van der Waals surface area contributed by atoms with Gasteiger partial charge in [0.05, 0.1) is 18.5 Å². The lowest BCUT2D eigenvalue weighted by Crippen LogP contribution is -2.41. The van der Waals surface area contributed by atoms with E-state index < -0.39 is 10.0 Å². The normalized spacial score (nSPS) is 16.8. The molecule has 1 aliphatic heterocycles. The third-order valence-corrected chi connectivity index (χ3v) is 6.36. The van der Waals surface area contributed by atoms with Crippen LogP contribution in [0.1, 0.15) is 35.7 Å². The minimum Gasteiger partial charge on any atom is -0.378 e. The molecule has 1 aromatic carbocycles. The molecule has 0 spiro atoms. The molecule has 2 aromatic rings. The average Bonchev–Trinajstić information content (AvgIpc) is 3.03. The summed E-state index contributed by atoms with van der Waals surface area (Å²) in [4.78, 5) is 4.14. The van der Waals surface area contributed by atoms with E-state index in [9.17, 15) is 8.42 Å². The first kappa shape index (κ1) is 19.0. The predicted molar refractivity (Wildman–Crippen MR) is 97.1 cm³/mol. The van der Waals surface area contributed by atoms with Crippen LogP contribution in [0.25, 0.3) is 0 Å². The number of aryl methyl sites for hydroxylation is 2. The van der Waals surface area contributed by atoms with Crippen LogP contribution in [0.15, 0.2) is 28.8 Å². The summed E-state index contributed by atoms with van der Waals surface area (Å²) in [5.41, 5.74) is 1.95. The molecule has 0 radical (unpaired) electrons. The second-order valence-corrected chi connectivity index (χ2v) is 8.66. The van der Waals surface area contributed by atoms with E-state index in [2.05, 4.69) is 10.1 Å². The highest BCUT2D eigenvalue weighted by molar-refractivity contribution is 7.88. The van der Waals surface area contributed by atoms with Crippen molar-refractivity contribution in [2.24, 2.45) is 0 Å². The second-order valence-electron chi connectivity index (χ2n) is 6.69. The average molecular weight is 379 g/mol. The molecular formula is C18H25N3O4S. The highest BCUT2D eigenvalue weighted by Gasteiger charge is 2.28. The van der Waals surface area contributed by atoms with Gasteiger partial charge in [0, 0.05) is 26.4 Å². The van der Waals surface area contributed by atoms with Gasteiger partial charge in [-0.15, -0.1) is 0 Å². The number of benzene rings is 1. The first-order valence-electron chi connectivity index (χ1n) is 8.86. The van der Waals surface area contributed by atoms with Crippen molar-refractivity contribution in [1.29, 1.82) is 0 Å². The van der Waals surface area contributed by atoms with Crippen molar-refractivity contribution in [1.82, 2.24) is 14.4 Å². The third kappa shape index (κ3) is 5.12. The lowest BCUT2D eigenvalue weighted by molar-refractivity contribution is 0.0222. The molecular weight excluding hydrogens is 354 g/mol. The van der Waals surface area contributed by atoms with Gasteiger partial charge in [-0.25, -0.2) is 12.7 Å². The lowest BCUT2D eigenvalue weighted by atomic mass is 10.1. The molecule has 3 rings (SSSR count). The Balaban J connectivity index is 1.44. The summed E-state index contributed by atoms with van der Waals surface area (Å²) >= 11 is 0. The molecule has 0 aliphatic carbocycles. The number of sulfonamides is 1. The van der Waals surface area contributed by atoms with Gasteiger partial charge in [-0.2, -0.15) is 4.98 Å². The van der Waals surface area contributed by atoms with Crippen molar-refractivity contribution in [3.05, 3.63) is 47.1 Å². The van der Waals surface area contributed by atoms with Gasteiger partial charge in [0.15, 0.2) is 5.82 Å². The quantitative estimate of drug-likeness (QED) is 0.733. The number of nitrogens with zero attached hydrogens (tertiary/aromatic N) is 3. The first-order chi connectivity index (χ1) is 12.4. The number of hydrogen-bond donors (Lipinski definition) is 0. The zero-order chi connectivity index (χ0) is 18.6. The van der Waals surface area contributed by atoms with E-state index in [4.69, 9.17) is 9.26 Å². The fraction of sp³-hybridized carbons (Fsp3) is 0.556.